The van der Waals surface area contributed by atoms with Gasteiger partial charge in [0.15, 0.2) is 5.69 Å². The van der Waals surface area contributed by atoms with Crippen LogP contribution in [0.2, 0.25) is 0 Å². The maximum Gasteiger partial charge on any atom is 0.350 e. The molecule has 9 heteroatoms. The normalized spacial score (nSPS) is 19.3. The largest absolute Gasteiger partial charge is 0.465 e. The van der Waals surface area contributed by atoms with E-state index in [9.17, 15) is 14.4 Å². The fourth-order valence-corrected chi connectivity index (χ4v) is 6.19. The van der Waals surface area contributed by atoms with E-state index < -0.39 is 5.97 Å². The summed E-state index contributed by atoms with van der Waals surface area (Å²) in [5.74, 6) is 0.0153. The molecule has 2 aliphatic carbocycles. The summed E-state index contributed by atoms with van der Waals surface area (Å²) in [4.78, 5) is 42.3. The van der Waals surface area contributed by atoms with E-state index >= 15 is 0 Å². The van der Waals surface area contributed by atoms with Crippen LogP contribution in [0.5, 0.6) is 0 Å². The summed E-state index contributed by atoms with van der Waals surface area (Å²) < 4.78 is 5.13. The molecule has 2 heterocycles. The lowest BCUT2D eigenvalue weighted by Crippen LogP contribution is -2.48. The lowest BCUT2D eigenvalue weighted by Gasteiger charge is -2.40. The van der Waals surface area contributed by atoms with Crippen molar-refractivity contribution < 1.29 is 19.1 Å². The van der Waals surface area contributed by atoms with Crippen molar-refractivity contribution in [3.8, 4) is 10.4 Å². The van der Waals surface area contributed by atoms with Crippen LogP contribution in [0.3, 0.4) is 0 Å². The molecule has 2 aromatic heterocycles. The molecule has 38 heavy (non-hydrogen) atoms. The van der Waals surface area contributed by atoms with Crippen LogP contribution in [-0.4, -0.2) is 41.1 Å². The Hall–Kier alpha value is -3.59. The monoisotopic (exact) mass is 532 g/mol. The predicted octanol–water partition coefficient (Wildman–Crippen LogP) is 5.96. The Morgan fingerprint density at radius 1 is 1.03 bits per heavy atom. The highest BCUT2D eigenvalue weighted by molar-refractivity contribution is 7.18. The highest BCUT2D eigenvalue weighted by atomic mass is 32.1. The van der Waals surface area contributed by atoms with Gasteiger partial charge in [-0.2, -0.15) is 5.10 Å². The number of amides is 2. The van der Waals surface area contributed by atoms with Gasteiger partial charge in [0.1, 0.15) is 4.88 Å². The summed E-state index contributed by atoms with van der Waals surface area (Å²) >= 11 is 1.33. The summed E-state index contributed by atoms with van der Waals surface area (Å²) in [5, 5.41) is 10.4. The number of benzene rings is 1. The SMILES string of the molecule is COC(=O)c1sc(-c2ccc(NC(=O)c3cccnn3)cc2)cc1N(C(=O)C1CCC(C)CC1)C1CCC1. The van der Waals surface area contributed by atoms with E-state index in [0.29, 0.717) is 22.2 Å². The lowest BCUT2D eigenvalue weighted by molar-refractivity contribution is -0.124. The molecule has 0 radical (unpaired) electrons. The Morgan fingerprint density at radius 3 is 2.37 bits per heavy atom. The fourth-order valence-electron chi connectivity index (χ4n) is 5.12. The summed E-state index contributed by atoms with van der Waals surface area (Å²) in [7, 11) is 1.37. The molecular weight excluding hydrogens is 500 g/mol. The van der Waals surface area contributed by atoms with Gasteiger partial charge in [0.2, 0.25) is 5.91 Å². The molecule has 0 bridgehead atoms. The highest BCUT2D eigenvalue weighted by Gasteiger charge is 2.38. The van der Waals surface area contributed by atoms with Gasteiger partial charge in [-0.1, -0.05) is 19.1 Å². The molecule has 2 saturated carbocycles. The number of aromatic nitrogens is 2. The molecule has 0 saturated heterocycles. The number of anilines is 2. The maximum absolute atomic E-state index is 13.8. The van der Waals surface area contributed by atoms with Gasteiger partial charge in [-0.3, -0.25) is 9.59 Å². The minimum atomic E-state index is -0.432. The molecule has 0 spiro atoms. The molecule has 8 nitrogen and oxygen atoms in total. The van der Waals surface area contributed by atoms with Crippen LogP contribution < -0.4 is 10.2 Å². The van der Waals surface area contributed by atoms with E-state index in [1.54, 1.807) is 24.3 Å². The molecular formula is C29H32N4O4S. The van der Waals surface area contributed by atoms with Crippen LogP contribution in [0.15, 0.2) is 48.7 Å². The number of hydrogen-bond donors (Lipinski definition) is 1. The van der Waals surface area contributed by atoms with Gasteiger partial charge in [0, 0.05) is 28.7 Å². The number of methoxy groups -OCH3 is 1. The first kappa shape index (κ1) is 26.0. The molecule has 0 aliphatic heterocycles. The van der Waals surface area contributed by atoms with E-state index in [1.165, 1.54) is 24.6 Å². The van der Waals surface area contributed by atoms with Gasteiger partial charge < -0.3 is 15.0 Å². The smallest absolute Gasteiger partial charge is 0.350 e. The zero-order chi connectivity index (χ0) is 26.6. The molecule has 0 atom stereocenters. The second-order valence-electron chi connectivity index (χ2n) is 10.2. The van der Waals surface area contributed by atoms with Crippen LogP contribution in [0.4, 0.5) is 11.4 Å². The van der Waals surface area contributed by atoms with Crippen LogP contribution >= 0.6 is 11.3 Å². The number of nitrogens with one attached hydrogen (secondary N) is 1. The molecule has 198 valence electrons. The minimum Gasteiger partial charge on any atom is -0.465 e. The van der Waals surface area contributed by atoms with Gasteiger partial charge in [0.25, 0.3) is 5.91 Å². The van der Waals surface area contributed by atoms with Gasteiger partial charge in [-0.25, -0.2) is 4.79 Å². The van der Waals surface area contributed by atoms with E-state index in [2.05, 4.69) is 22.4 Å². The van der Waals surface area contributed by atoms with Gasteiger partial charge in [-0.05, 0) is 86.8 Å². The number of carbonyl (C=O) groups is 3. The number of ether oxygens (including phenoxy) is 1. The zero-order valence-electron chi connectivity index (χ0n) is 21.7. The first-order valence-corrected chi connectivity index (χ1v) is 14.0. The van der Waals surface area contributed by atoms with Crippen molar-refractivity contribution in [3.63, 3.8) is 0 Å². The Balaban J connectivity index is 1.42. The standard InChI is InChI=1S/C29H32N4O4S/c1-18-8-10-20(11-9-18)28(35)33(22-5-3-6-22)24-17-25(38-26(24)29(36)37-2)19-12-14-21(15-13-19)31-27(34)23-7-4-16-30-32-23/h4,7,12-18,20,22H,3,5-6,8-11H2,1-2H3,(H,31,34). The molecule has 2 aliphatic rings. The van der Waals surface area contributed by atoms with Crippen molar-refractivity contribution in [2.75, 3.05) is 17.3 Å². The third-order valence-electron chi connectivity index (χ3n) is 7.62. The Bertz CT molecular complexity index is 1300. The van der Waals surface area contributed by atoms with Crippen LogP contribution in [0, 0.1) is 11.8 Å². The molecule has 5 rings (SSSR count). The summed E-state index contributed by atoms with van der Waals surface area (Å²) in [6, 6.07) is 12.7. The van der Waals surface area contributed by atoms with Crippen molar-refractivity contribution in [2.45, 2.75) is 57.9 Å². The van der Waals surface area contributed by atoms with Gasteiger partial charge in [-0.15, -0.1) is 16.4 Å². The highest BCUT2D eigenvalue weighted by Crippen LogP contribution is 2.43. The quantitative estimate of drug-likeness (QED) is 0.377. The molecule has 1 N–H and O–H groups in total. The summed E-state index contributed by atoms with van der Waals surface area (Å²) in [5.41, 5.74) is 2.39. The zero-order valence-corrected chi connectivity index (χ0v) is 22.5. The number of hydrogen-bond acceptors (Lipinski definition) is 7. The number of carbonyl (C=O) groups excluding carboxylic acids is 3. The van der Waals surface area contributed by atoms with Gasteiger partial charge >= 0.3 is 5.97 Å². The molecule has 3 aromatic rings. The summed E-state index contributed by atoms with van der Waals surface area (Å²) in [6.45, 7) is 2.25. The van der Waals surface area contributed by atoms with E-state index in [-0.39, 0.29) is 29.5 Å². The topological polar surface area (TPSA) is 101 Å². The van der Waals surface area contributed by atoms with Crippen molar-refractivity contribution in [1.82, 2.24) is 10.2 Å². The average Bonchev–Trinajstić information content (AvgIpc) is 3.36. The third kappa shape index (κ3) is 5.48. The van der Waals surface area contributed by atoms with Crippen molar-refractivity contribution in [1.29, 1.82) is 0 Å². The second kappa shape index (κ2) is 11.4. The maximum atomic E-state index is 13.8. The first-order chi connectivity index (χ1) is 18.4. The minimum absolute atomic E-state index is 0.00199. The second-order valence-corrected chi connectivity index (χ2v) is 11.3. The van der Waals surface area contributed by atoms with Crippen LogP contribution in [0.1, 0.15) is 72.0 Å². The molecule has 2 fully saturated rings. The number of thiophene rings is 1. The number of nitrogens with zero attached hydrogens (tertiary/aromatic N) is 3. The van der Waals surface area contributed by atoms with Crippen molar-refractivity contribution in [3.05, 3.63) is 59.2 Å². The third-order valence-corrected chi connectivity index (χ3v) is 8.77. The molecule has 0 unspecified atom stereocenters. The average molecular weight is 533 g/mol. The van der Waals surface area contributed by atoms with Gasteiger partial charge in [0.05, 0.1) is 12.8 Å². The predicted molar refractivity (Wildman–Crippen MR) is 147 cm³/mol. The molecule has 2 amide bonds. The Morgan fingerprint density at radius 2 is 1.76 bits per heavy atom. The van der Waals surface area contributed by atoms with Crippen LogP contribution in [-0.2, 0) is 9.53 Å². The number of esters is 1. The van der Waals surface area contributed by atoms with Crippen molar-refractivity contribution >= 4 is 40.5 Å². The van der Waals surface area contributed by atoms with Crippen LogP contribution in [0.25, 0.3) is 10.4 Å². The lowest BCUT2D eigenvalue weighted by atomic mass is 9.81. The Labute approximate surface area is 226 Å². The first-order valence-electron chi connectivity index (χ1n) is 13.2. The summed E-state index contributed by atoms with van der Waals surface area (Å²) in [6.07, 6.45) is 8.41. The molecule has 1 aromatic carbocycles. The Kier molecular flexibility index (Phi) is 7.83. The van der Waals surface area contributed by atoms with E-state index in [1.807, 2.05) is 23.1 Å². The van der Waals surface area contributed by atoms with Crippen molar-refractivity contribution in [2.24, 2.45) is 11.8 Å². The number of rotatable bonds is 7. The fraction of sp³-hybridized carbons (Fsp3) is 0.414. The van der Waals surface area contributed by atoms with E-state index in [0.717, 1.165) is 55.4 Å². The van der Waals surface area contributed by atoms with E-state index in [4.69, 9.17) is 4.74 Å².